The van der Waals surface area contributed by atoms with Crippen molar-refractivity contribution in [2.75, 3.05) is 20.1 Å². The molecule has 0 spiro atoms. The molecule has 0 aromatic heterocycles. The Labute approximate surface area is 110 Å². The number of carbonyl (C=O) groups excluding carboxylic acids is 1. The predicted molar refractivity (Wildman–Crippen MR) is 69.8 cm³/mol. The summed E-state index contributed by atoms with van der Waals surface area (Å²) in [6.45, 7) is 5.28. The molecule has 1 amide bonds. The van der Waals surface area contributed by atoms with Gasteiger partial charge in [0.05, 0.1) is 6.07 Å². The molecule has 2 heterocycles. The maximum atomic E-state index is 12.5. The van der Waals surface area contributed by atoms with Crippen LogP contribution in [0.5, 0.6) is 0 Å². The number of likely N-dealkylation sites (tertiary alicyclic amines) is 1. The molecule has 2 fully saturated rings. The highest BCUT2D eigenvalue weighted by atomic mass is 16.2. The van der Waals surface area contributed by atoms with Crippen molar-refractivity contribution in [3.05, 3.63) is 0 Å². The molecular formula is C14H23N3O. The maximum Gasteiger partial charge on any atom is 0.242 e. The summed E-state index contributed by atoms with van der Waals surface area (Å²) >= 11 is 0. The topological polar surface area (TPSA) is 47.3 Å². The van der Waals surface area contributed by atoms with Gasteiger partial charge in [-0.3, -0.25) is 9.69 Å². The van der Waals surface area contributed by atoms with Gasteiger partial charge in [0.2, 0.25) is 5.91 Å². The van der Waals surface area contributed by atoms with Gasteiger partial charge >= 0.3 is 0 Å². The van der Waals surface area contributed by atoms with Crippen molar-refractivity contribution in [3.63, 3.8) is 0 Å². The number of carbonyl (C=O) groups is 1. The van der Waals surface area contributed by atoms with Crippen molar-refractivity contribution in [2.45, 2.75) is 51.6 Å². The lowest BCUT2D eigenvalue weighted by Gasteiger charge is -2.31. The van der Waals surface area contributed by atoms with E-state index in [-0.39, 0.29) is 5.91 Å². The van der Waals surface area contributed by atoms with Crippen LogP contribution < -0.4 is 0 Å². The van der Waals surface area contributed by atoms with E-state index in [1.165, 1.54) is 12.8 Å². The van der Waals surface area contributed by atoms with Gasteiger partial charge in [-0.15, -0.1) is 0 Å². The van der Waals surface area contributed by atoms with Gasteiger partial charge in [-0.25, -0.2) is 0 Å². The molecule has 3 atom stereocenters. The van der Waals surface area contributed by atoms with Gasteiger partial charge in [0.15, 0.2) is 0 Å². The number of rotatable bonds is 2. The second-order valence-electron chi connectivity index (χ2n) is 5.89. The highest BCUT2D eigenvalue weighted by Crippen LogP contribution is 2.31. The number of fused-ring (bicyclic) bond motifs is 2. The molecule has 2 aliphatic heterocycles. The Morgan fingerprint density at radius 3 is 2.67 bits per heavy atom. The zero-order chi connectivity index (χ0) is 13.3. The Morgan fingerprint density at radius 2 is 2.06 bits per heavy atom. The third-order valence-corrected chi connectivity index (χ3v) is 4.86. The lowest BCUT2D eigenvalue weighted by Crippen LogP contribution is -2.45. The van der Waals surface area contributed by atoms with Gasteiger partial charge in [0, 0.05) is 25.2 Å². The molecule has 0 aliphatic carbocycles. The summed E-state index contributed by atoms with van der Waals surface area (Å²) in [7, 11) is 2.17. The Bertz CT molecular complexity index is 376. The maximum absolute atomic E-state index is 12.5. The first-order valence-corrected chi connectivity index (χ1v) is 6.94. The van der Waals surface area contributed by atoms with E-state index < -0.39 is 5.41 Å². The molecule has 100 valence electrons. The number of amides is 1. The minimum Gasteiger partial charge on any atom is -0.340 e. The fourth-order valence-corrected chi connectivity index (χ4v) is 3.12. The average molecular weight is 249 g/mol. The number of nitrogens with zero attached hydrogens (tertiary/aromatic N) is 3. The summed E-state index contributed by atoms with van der Waals surface area (Å²) < 4.78 is 0. The fraction of sp³-hybridized carbons (Fsp3) is 0.857. The Morgan fingerprint density at radius 1 is 1.39 bits per heavy atom. The predicted octanol–water partition coefficient (Wildman–Crippen LogP) is 1.62. The molecule has 0 aromatic carbocycles. The highest BCUT2D eigenvalue weighted by molar-refractivity contribution is 5.85. The molecule has 18 heavy (non-hydrogen) atoms. The Balaban J connectivity index is 2.11. The van der Waals surface area contributed by atoms with Crippen LogP contribution in [0.25, 0.3) is 0 Å². The molecular weight excluding hydrogens is 226 g/mol. The van der Waals surface area contributed by atoms with Crippen LogP contribution in [0, 0.1) is 16.7 Å². The molecule has 0 aromatic rings. The number of likely N-dealkylation sites (N-methyl/N-ethyl adjacent to an activating group) is 1. The van der Waals surface area contributed by atoms with E-state index in [0.29, 0.717) is 18.5 Å². The molecule has 3 unspecified atom stereocenters. The standard InChI is InChI=1S/C14H23N3O/c1-4-14(2,10-15)13(18)17-8-7-11-5-6-12(9-17)16(11)3/h11-12H,4-9H2,1-3H3. The monoisotopic (exact) mass is 249 g/mol. The zero-order valence-electron chi connectivity index (χ0n) is 11.6. The summed E-state index contributed by atoms with van der Waals surface area (Å²) in [5.41, 5.74) is -0.845. The molecule has 4 heteroatoms. The van der Waals surface area contributed by atoms with E-state index in [4.69, 9.17) is 0 Å². The Hall–Kier alpha value is -1.08. The SMILES string of the molecule is CCC(C)(C#N)C(=O)N1CCC2CCC(C1)N2C. The number of nitriles is 1. The first-order chi connectivity index (χ1) is 8.51. The third-order valence-electron chi connectivity index (χ3n) is 4.86. The van der Waals surface area contributed by atoms with Crippen LogP contribution in [-0.2, 0) is 4.79 Å². The molecule has 0 saturated carbocycles. The van der Waals surface area contributed by atoms with E-state index in [1.54, 1.807) is 6.92 Å². The van der Waals surface area contributed by atoms with E-state index in [9.17, 15) is 10.1 Å². The summed E-state index contributed by atoms with van der Waals surface area (Å²) in [4.78, 5) is 16.8. The van der Waals surface area contributed by atoms with Crippen molar-refractivity contribution >= 4 is 5.91 Å². The van der Waals surface area contributed by atoms with Crippen LogP contribution in [0.3, 0.4) is 0 Å². The van der Waals surface area contributed by atoms with Crippen molar-refractivity contribution < 1.29 is 4.79 Å². The minimum atomic E-state index is -0.845. The van der Waals surface area contributed by atoms with Gasteiger partial charge < -0.3 is 4.90 Å². The molecule has 0 N–H and O–H groups in total. The first kappa shape index (κ1) is 13.4. The number of hydrogen-bond acceptors (Lipinski definition) is 3. The second kappa shape index (κ2) is 4.89. The molecule has 4 nitrogen and oxygen atoms in total. The summed E-state index contributed by atoms with van der Waals surface area (Å²) in [6.07, 6.45) is 4.07. The van der Waals surface area contributed by atoms with Crippen molar-refractivity contribution in [2.24, 2.45) is 5.41 Å². The quantitative estimate of drug-likeness (QED) is 0.747. The molecule has 2 rings (SSSR count). The molecule has 2 aliphatic rings. The normalized spacial score (nSPS) is 31.6. The minimum absolute atomic E-state index is 0.0217. The van der Waals surface area contributed by atoms with Gasteiger partial charge in [-0.2, -0.15) is 5.26 Å². The fourth-order valence-electron chi connectivity index (χ4n) is 3.12. The smallest absolute Gasteiger partial charge is 0.242 e. The summed E-state index contributed by atoms with van der Waals surface area (Å²) in [6, 6.07) is 3.31. The lowest BCUT2D eigenvalue weighted by atomic mass is 9.87. The van der Waals surface area contributed by atoms with Crippen LogP contribution in [0.15, 0.2) is 0 Å². The first-order valence-electron chi connectivity index (χ1n) is 6.94. The van der Waals surface area contributed by atoms with Gasteiger partial charge in [0.1, 0.15) is 5.41 Å². The average Bonchev–Trinajstić information content (AvgIpc) is 2.61. The van der Waals surface area contributed by atoms with Crippen LogP contribution in [0.1, 0.15) is 39.5 Å². The Kier molecular flexibility index (Phi) is 3.63. The third kappa shape index (κ3) is 2.12. The van der Waals surface area contributed by atoms with Gasteiger partial charge in [0.25, 0.3) is 0 Å². The van der Waals surface area contributed by atoms with Crippen molar-refractivity contribution in [3.8, 4) is 6.07 Å². The molecule has 2 bridgehead atoms. The highest BCUT2D eigenvalue weighted by Gasteiger charge is 2.40. The van der Waals surface area contributed by atoms with E-state index in [0.717, 1.165) is 19.5 Å². The van der Waals surface area contributed by atoms with Gasteiger partial charge in [-0.1, -0.05) is 6.92 Å². The van der Waals surface area contributed by atoms with Crippen molar-refractivity contribution in [1.29, 1.82) is 5.26 Å². The van der Waals surface area contributed by atoms with Crippen LogP contribution >= 0.6 is 0 Å². The molecule has 0 radical (unpaired) electrons. The van der Waals surface area contributed by atoms with E-state index in [1.807, 2.05) is 11.8 Å². The second-order valence-corrected chi connectivity index (χ2v) is 5.89. The summed E-state index contributed by atoms with van der Waals surface area (Å²) in [5.74, 6) is 0.0217. The lowest BCUT2D eigenvalue weighted by molar-refractivity contribution is -0.138. The van der Waals surface area contributed by atoms with E-state index >= 15 is 0 Å². The zero-order valence-corrected chi connectivity index (χ0v) is 11.6. The molecule has 2 saturated heterocycles. The van der Waals surface area contributed by atoms with Crippen LogP contribution in [0.4, 0.5) is 0 Å². The van der Waals surface area contributed by atoms with Crippen molar-refractivity contribution in [1.82, 2.24) is 9.80 Å². The van der Waals surface area contributed by atoms with Gasteiger partial charge in [-0.05, 0) is 39.7 Å². The van der Waals surface area contributed by atoms with Crippen LogP contribution in [0.2, 0.25) is 0 Å². The summed E-state index contributed by atoms with van der Waals surface area (Å²) in [5, 5.41) is 9.23. The van der Waals surface area contributed by atoms with E-state index in [2.05, 4.69) is 18.0 Å². The van der Waals surface area contributed by atoms with Crippen LogP contribution in [-0.4, -0.2) is 47.9 Å². The largest absolute Gasteiger partial charge is 0.340 e. The number of hydrogen-bond donors (Lipinski definition) is 0.